The molecule has 1 unspecified atom stereocenters. The summed E-state index contributed by atoms with van der Waals surface area (Å²) in [4.78, 5) is 13.0. The molecule has 1 aliphatic heterocycles. The summed E-state index contributed by atoms with van der Waals surface area (Å²) in [6.45, 7) is 6.33. The third-order valence-electron chi connectivity index (χ3n) is 2.10. The van der Waals surface area contributed by atoms with Gasteiger partial charge in [-0.05, 0) is 32.3 Å². The molecule has 1 radical (unpaired) electrons. The van der Waals surface area contributed by atoms with Gasteiger partial charge in [-0.2, -0.15) is 0 Å². The first kappa shape index (κ1) is 8.31. The van der Waals surface area contributed by atoms with Crippen LogP contribution in [0.4, 0.5) is 0 Å². The number of likely N-dealkylation sites (tertiary alicyclic amines) is 1. The number of hydrogen-bond donors (Lipinski definition) is 0. The van der Waals surface area contributed by atoms with Gasteiger partial charge in [0.15, 0.2) is 0 Å². The van der Waals surface area contributed by atoms with Crippen LogP contribution in [0.15, 0.2) is 12.7 Å². The second-order valence-electron chi connectivity index (χ2n) is 2.91. The summed E-state index contributed by atoms with van der Waals surface area (Å²) in [7, 11) is 0. The normalized spacial score (nSPS) is 24.8. The molecule has 1 atom stereocenters. The van der Waals surface area contributed by atoms with Gasteiger partial charge in [0.05, 0.1) is 0 Å². The first-order valence-corrected chi connectivity index (χ1v) is 4.00. The molecule has 2 heteroatoms. The topological polar surface area (TPSA) is 20.3 Å². The number of carbonyl (C=O) groups is 1. The van der Waals surface area contributed by atoms with Gasteiger partial charge in [-0.1, -0.05) is 6.58 Å². The molecule has 1 rings (SSSR count). The van der Waals surface area contributed by atoms with Crippen LogP contribution in [0.2, 0.25) is 0 Å². The third kappa shape index (κ3) is 1.82. The summed E-state index contributed by atoms with van der Waals surface area (Å²) in [6, 6.07) is 0.380. The molecule has 0 saturated carbocycles. The molecule has 61 valence electrons. The lowest BCUT2D eigenvalue weighted by Gasteiger charge is -2.32. The van der Waals surface area contributed by atoms with Gasteiger partial charge < -0.3 is 4.90 Å². The fourth-order valence-electron chi connectivity index (χ4n) is 1.35. The van der Waals surface area contributed by atoms with Crippen molar-refractivity contribution < 1.29 is 4.79 Å². The molecule has 0 aliphatic carbocycles. The van der Waals surface area contributed by atoms with Gasteiger partial charge in [-0.3, -0.25) is 4.79 Å². The highest BCUT2D eigenvalue weighted by atomic mass is 16.2. The SMILES string of the molecule is C=CC(=O)N1C[CH]CCC1C. The van der Waals surface area contributed by atoms with E-state index in [-0.39, 0.29) is 5.91 Å². The van der Waals surface area contributed by atoms with Crippen molar-refractivity contribution in [3.8, 4) is 0 Å². The fraction of sp³-hybridized carbons (Fsp3) is 0.556. The van der Waals surface area contributed by atoms with Crippen LogP contribution in [0.5, 0.6) is 0 Å². The standard InChI is InChI=1S/C9H14NO/c1-3-9(11)10-7-5-4-6-8(10)2/h3,5,8H,1,4,6-7H2,2H3. The Labute approximate surface area is 67.9 Å². The van der Waals surface area contributed by atoms with E-state index in [1.165, 1.54) is 6.08 Å². The molecule has 0 spiro atoms. The molecule has 11 heavy (non-hydrogen) atoms. The van der Waals surface area contributed by atoms with Gasteiger partial charge in [0.25, 0.3) is 0 Å². The average Bonchev–Trinajstić information content (AvgIpc) is 2.04. The Morgan fingerprint density at radius 3 is 3.09 bits per heavy atom. The van der Waals surface area contributed by atoms with Crippen molar-refractivity contribution in [1.29, 1.82) is 0 Å². The van der Waals surface area contributed by atoms with Gasteiger partial charge in [0.2, 0.25) is 5.91 Å². The molecule has 1 heterocycles. The van der Waals surface area contributed by atoms with Gasteiger partial charge >= 0.3 is 0 Å². The highest BCUT2D eigenvalue weighted by Crippen LogP contribution is 2.15. The maximum Gasteiger partial charge on any atom is 0.246 e. The van der Waals surface area contributed by atoms with E-state index in [9.17, 15) is 4.79 Å². The van der Waals surface area contributed by atoms with Crippen LogP contribution in [0.25, 0.3) is 0 Å². The lowest BCUT2D eigenvalue weighted by atomic mass is 10.0. The van der Waals surface area contributed by atoms with E-state index in [1.807, 2.05) is 4.90 Å². The van der Waals surface area contributed by atoms with Crippen LogP contribution < -0.4 is 0 Å². The Kier molecular flexibility index (Phi) is 2.69. The summed E-state index contributed by atoms with van der Waals surface area (Å²) in [5.74, 6) is 0.0495. The highest BCUT2D eigenvalue weighted by molar-refractivity contribution is 5.87. The molecule has 1 fully saturated rings. The van der Waals surface area contributed by atoms with E-state index >= 15 is 0 Å². The Morgan fingerprint density at radius 2 is 2.55 bits per heavy atom. The molecular weight excluding hydrogens is 138 g/mol. The Hall–Kier alpha value is -0.790. The Bertz CT molecular complexity index is 165. The minimum Gasteiger partial charge on any atom is -0.336 e. The van der Waals surface area contributed by atoms with E-state index in [1.54, 1.807) is 0 Å². The third-order valence-corrected chi connectivity index (χ3v) is 2.10. The Balaban J connectivity index is 2.53. The van der Waals surface area contributed by atoms with Crippen molar-refractivity contribution in [2.45, 2.75) is 25.8 Å². The van der Waals surface area contributed by atoms with Crippen molar-refractivity contribution >= 4 is 5.91 Å². The zero-order chi connectivity index (χ0) is 8.27. The number of amides is 1. The first-order valence-electron chi connectivity index (χ1n) is 4.00. The molecule has 1 aliphatic rings. The molecule has 1 saturated heterocycles. The quantitative estimate of drug-likeness (QED) is 0.520. The number of piperidine rings is 1. The van der Waals surface area contributed by atoms with Crippen molar-refractivity contribution in [2.75, 3.05) is 6.54 Å². The minimum absolute atomic E-state index is 0.0495. The smallest absolute Gasteiger partial charge is 0.246 e. The second kappa shape index (κ2) is 3.56. The maximum atomic E-state index is 11.2. The summed E-state index contributed by atoms with van der Waals surface area (Å²) < 4.78 is 0. The van der Waals surface area contributed by atoms with Crippen LogP contribution >= 0.6 is 0 Å². The number of nitrogens with zero attached hydrogens (tertiary/aromatic N) is 1. The lowest BCUT2D eigenvalue weighted by Crippen LogP contribution is -2.41. The summed E-state index contributed by atoms with van der Waals surface area (Å²) >= 11 is 0. The Morgan fingerprint density at radius 1 is 1.82 bits per heavy atom. The molecule has 0 bridgehead atoms. The highest BCUT2D eigenvalue weighted by Gasteiger charge is 2.20. The van der Waals surface area contributed by atoms with Gasteiger partial charge in [0.1, 0.15) is 0 Å². The minimum atomic E-state index is 0.0495. The van der Waals surface area contributed by atoms with Crippen molar-refractivity contribution in [3.63, 3.8) is 0 Å². The van der Waals surface area contributed by atoms with Crippen LogP contribution in [0, 0.1) is 6.42 Å². The predicted molar refractivity (Wildman–Crippen MR) is 44.9 cm³/mol. The van der Waals surface area contributed by atoms with Crippen molar-refractivity contribution in [3.05, 3.63) is 19.1 Å². The maximum absolute atomic E-state index is 11.2. The summed E-state index contributed by atoms with van der Waals surface area (Å²) in [6.07, 6.45) is 5.73. The molecule has 0 aromatic carbocycles. The molecule has 0 N–H and O–H groups in total. The van der Waals surface area contributed by atoms with Crippen molar-refractivity contribution in [1.82, 2.24) is 4.90 Å². The first-order chi connectivity index (χ1) is 5.25. The van der Waals surface area contributed by atoms with E-state index in [4.69, 9.17) is 0 Å². The average molecular weight is 152 g/mol. The van der Waals surface area contributed by atoms with E-state index in [2.05, 4.69) is 19.9 Å². The zero-order valence-electron chi connectivity index (χ0n) is 6.92. The molecule has 1 amide bonds. The summed E-state index contributed by atoms with van der Waals surface area (Å²) in [5.41, 5.74) is 0. The van der Waals surface area contributed by atoms with Crippen LogP contribution in [-0.2, 0) is 4.79 Å². The zero-order valence-corrected chi connectivity index (χ0v) is 6.92. The van der Waals surface area contributed by atoms with Crippen LogP contribution in [0.1, 0.15) is 19.8 Å². The summed E-state index contributed by atoms with van der Waals surface area (Å²) in [5, 5.41) is 0. The van der Waals surface area contributed by atoms with Gasteiger partial charge in [0, 0.05) is 12.6 Å². The monoisotopic (exact) mass is 152 g/mol. The van der Waals surface area contributed by atoms with E-state index in [0.717, 1.165) is 19.4 Å². The largest absolute Gasteiger partial charge is 0.336 e. The number of hydrogen-bond acceptors (Lipinski definition) is 1. The van der Waals surface area contributed by atoms with Gasteiger partial charge in [-0.15, -0.1) is 0 Å². The van der Waals surface area contributed by atoms with Crippen molar-refractivity contribution in [2.24, 2.45) is 0 Å². The molecule has 0 aromatic heterocycles. The van der Waals surface area contributed by atoms with E-state index < -0.39 is 0 Å². The second-order valence-corrected chi connectivity index (χ2v) is 2.91. The number of rotatable bonds is 1. The predicted octanol–water partition coefficient (Wildman–Crippen LogP) is 1.39. The van der Waals surface area contributed by atoms with Crippen LogP contribution in [-0.4, -0.2) is 23.4 Å². The molecular formula is C9H14NO. The molecule has 2 nitrogen and oxygen atoms in total. The van der Waals surface area contributed by atoms with Crippen LogP contribution in [0.3, 0.4) is 0 Å². The lowest BCUT2D eigenvalue weighted by molar-refractivity contribution is -0.128. The number of carbonyl (C=O) groups excluding carboxylic acids is 1. The fourth-order valence-corrected chi connectivity index (χ4v) is 1.35. The van der Waals surface area contributed by atoms with Gasteiger partial charge in [-0.25, -0.2) is 0 Å². The molecule has 0 aromatic rings. The van der Waals surface area contributed by atoms with E-state index in [0.29, 0.717) is 6.04 Å².